The minimum absolute atomic E-state index is 0.0249. The number of alkyl halides is 3. The van der Waals surface area contributed by atoms with Gasteiger partial charge in [-0.1, -0.05) is 23.7 Å². The van der Waals surface area contributed by atoms with E-state index in [0.29, 0.717) is 12.0 Å². The second kappa shape index (κ2) is 6.95. The Kier molecular flexibility index (Phi) is 5.64. The summed E-state index contributed by atoms with van der Waals surface area (Å²) in [5, 5.41) is 2.99. The van der Waals surface area contributed by atoms with E-state index in [1.807, 2.05) is 27.7 Å². The van der Waals surface area contributed by atoms with Crippen molar-refractivity contribution >= 4 is 24.8 Å². The Morgan fingerprint density at radius 3 is 2.24 bits per heavy atom. The van der Waals surface area contributed by atoms with Crippen molar-refractivity contribution < 1.29 is 22.5 Å². The number of hydrogen-bond acceptors (Lipinski definition) is 3. The summed E-state index contributed by atoms with van der Waals surface area (Å²) in [6.07, 6.45) is -3.05. The van der Waals surface area contributed by atoms with Crippen LogP contribution in [0.1, 0.15) is 38.8 Å². The number of benzene rings is 1. The summed E-state index contributed by atoms with van der Waals surface area (Å²) in [5.74, 6) is 0. The maximum Gasteiger partial charge on any atom is 0.491 e. The monoisotopic (exact) mass is 375 g/mol. The number of nitrogens with one attached hydrogen (secondary N) is 1. The van der Waals surface area contributed by atoms with Crippen molar-refractivity contribution in [2.24, 2.45) is 0 Å². The van der Waals surface area contributed by atoms with E-state index in [1.165, 1.54) is 18.2 Å². The highest BCUT2D eigenvalue weighted by Crippen LogP contribution is 2.40. The molecule has 1 saturated heterocycles. The predicted octanol–water partition coefficient (Wildman–Crippen LogP) is 4.59. The molecule has 8 heteroatoms. The highest BCUT2D eigenvalue weighted by molar-refractivity contribution is 6.56. The van der Waals surface area contributed by atoms with E-state index in [0.717, 1.165) is 6.07 Å². The van der Waals surface area contributed by atoms with Crippen molar-refractivity contribution in [1.82, 2.24) is 5.32 Å². The number of hydrogen-bond donors (Lipinski definition) is 1. The smallest absolute Gasteiger partial charge is 0.400 e. The fourth-order valence-corrected chi connectivity index (χ4v) is 2.67. The van der Waals surface area contributed by atoms with Crippen molar-refractivity contribution in [3.05, 3.63) is 39.8 Å². The zero-order chi connectivity index (χ0) is 19.0. The van der Waals surface area contributed by atoms with Crippen molar-refractivity contribution in [2.75, 3.05) is 13.6 Å². The van der Waals surface area contributed by atoms with Crippen LogP contribution >= 0.6 is 11.6 Å². The first-order valence-electron chi connectivity index (χ1n) is 7.95. The molecular weight excluding hydrogens is 353 g/mol. The van der Waals surface area contributed by atoms with Gasteiger partial charge in [-0.3, -0.25) is 0 Å². The summed E-state index contributed by atoms with van der Waals surface area (Å²) in [6.45, 7) is 7.92. The third-order valence-corrected chi connectivity index (χ3v) is 4.83. The van der Waals surface area contributed by atoms with Crippen molar-refractivity contribution in [3.63, 3.8) is 0 Å². The van der Waals surface area contributed by atoms with E-state index in [2.05, 4.69) is 5.32 Å². The van der Waals surface area contributed by atoms with Crippen molar-refractivity contribution in [1.29, 1.82) is 0 Å². The van der Waals surface area contributed by atoms with Gasteiger partial charge in [-0.25, -0.2) is 0 Å². The fraction of sp³-hybridized carbons (Fsp3) is 0.529. The summed E-state index contributed by atoms with van der Waals surface area (Å²) in [5.41, 5.74) is -1.33. The largest absolute Gasteiger partial charge is 0.491 e. The number of rotatable bonds is 4. The van der Waals surface area contributed by atoms with Gasteiger partial charge in [0.2, 0.25) is 0 Å². The van der Waals surface area contributed by atoms with Crippen LogP contribution in [0, 0.1) is 0 Å². The summed E-state index contributed by atoms with van der Waals surface area (Å²) in [7, 11) is 0.986. The molecule has 0 aliphatic carbocycles. The van der Waals surface area contributed by atoms with Gasteiger partial charge in [0.15, 0.2) is 0 Å². The SMILES string of the molecule is CNCC(=Cc1ccc(Cl)cc1C(F)(F)F)B1OC(C)(C)C(C)(C)O1. The average molecular weight is 376 g/mol. The Bertz CT molecular complexity index is 658. The van der Waals surface area contributed by atoms with Gasteiger partial charge in [-0.05, 0) is 57.9 Å². The van der Waals surface area contributed by atoms with Gasteiger partial charge in [-0.15, -0.1) is 0 Å². The molecule has 25 heavy (non-hydrogen) atoms. The third-order valence-electron chi connectivity index (χ3n) is 4.60. The van der Waals surface area contributed by atoms with Gasteiger partial charge < -0.3 is 14.6 Å². The quantitative estimate of drug-likeness (QED) is 0.781. The van der Waals surface area contributed by atoms with Crippen LogP contribution in [0.2, 0.25) is 5.02 Å². The van der Waals surface area contributed by atoms with E-state index in [-0.39, 0.29) is 10.6 Å². The molecular formula is C17H22BClF3NO2. The van der Waals surface area contributed by atoms with Crippen LogP contribution in [-0.2, 0) is 15.5 Å². The van der Waals surface area contributed by atoms with Gasteiger partial charge in [0.05, 0.1) is 16.8 Å². The molecule has 3 nitrogen and oxygen atoms in total. The molecule has 0 spiro atoms. The first-order valence-corrected chi connectivity index (χ1v) is 8.32. The standard InChI is InChI=1S/C17H22BClF3NO2/c1-15(2)16(3,4)25-18(24-15)12(10-23-5)8-11-6-7-13(19)9-14(11)17(20,21)22/h6-9,23H,10H2,1-5H3. The Labute approximate surface area is 151 Å². The van der Waals surface area contributed by atoms with E-state index in [1.54, 1.807) is 7.05 Å². The van der Waals surface area contributed by atoms with Crippen LogP contribution in [0.5, 0.6) is 0 Å². The normalized spacial score (nSPS) is 20.2. The maximum absolute atomic E-state index is 13.3. The van der Waals surface area contributed by atoms with E-state index in [4.69, 9.17) is 20.9 Å². The predicted molar refractivity (Wildman–Crippen MR) is 94.4 cm³/mol. The first-order chi connectivity index (χ1) is 11.4. The van der Waals surface area contributed by atoms with Crippen molar-refractivity contribution in [3.8, 4) is 0 Å². The van der Waals surface area contributed by atoms with E-state index >= 15 is 0 Å². The summed E-state index contributed by atoms with van der Waals surface area (Å²) in [6, 6.07) is 3.71. The molecule has 0 atom stereocenters. The molecule has 0 bridgehead atoms. The maximum atomic E-state index is 13.3. The third kappa shape index (κ3) is 4.40. The second-order valence-corrected chi connectivity index (χ2v) is 7.50. The lowest BCUT2D eigenvalue weighted by Gasteiger charge is -2.32. The molecule has 0 unspecified atom stereocenters. The zero-order valence-corrected chi connectivity index (χ0v) is 15.7. The molecule has 1 aliphatic heterocycles. The molecule has 1 N–H and O–H groups in total. The van der Waals surface area contributed by atoms with Crippen molar-refractivity contribution in [2.45, 2.75) is 45.1 Å². The summed E-state index contributed by atoms with van der Waals surface area (Å²) >= 11 is 5.74. The molecule has 1 aromatic rings. The summed E-state index contributed by atoms with van der Waals surface area (Å²) < 4.78 is 51.9. The van der Waals surface area contributed by atoms with Crippen LogP contribution < -0.4 is 5.32 Å². The molecule has 0 amide bonds. The van der Waals surface area contributed by atoms with Crippen LogP contribution in [-0.4, -0.2) is 31.9 Å². The topological polar surface area (TPSA) is 30.5 Å². The van der Waals surface area contributed by atoms with Gasteiger partial charge in [0, 0.05) is 11.6 Å². The fourth-order valence-electron chi connectivity index (χ4n) is 2.50. The lowest BCUT2D eigenvalue weighted by molar-refractivity contribution is -0.137. The Morgan fingerprint density at radius 2 is 1.76 bits per heavy atom. The van der Waals surface area contributed by atoms with E-state index < -0.39 is 30.1 Å². The molecule has 1 aliphatic rings. The average Bonchev–Trinajstić information content (AvgIpc) is 2.67. The van der Waals surface area contributed by atoms with Crippen LogP contribution in [0.4, 0.5) is 13.2 Å². The molecule has 2 rings (SSSR count). The Morgan fingerprint density at radius 1 is 1.20 bits per heavy atom. The van der Waals surface area contributed by atoms with Crippen LogP contribution in [0.25, 0.3) is 6.08 Å². The first kappa shape index (κ1) is 20.3. The number of halogens is 4. The van der Waals surface area contributed by atoms with Gasteiger partial charge in [0.1, 0.15) is 0 Å². The zero-order valence-electron chi connectivity index (χ0n) is 14.9. The molecule has 0 aromatic heterocycles. The number of likely N-dealkylation sites (N-methyl/N-ethyl adjacent to an activating group) is 1. The summed E-state index contributed by atoms with van der Waals surface area (Å²) in [4.78, 5) is 0. The molecule has 1 aromatic carbocycles. The molecule has 1 fully saturated rings. The molecule has 0 radical (unpaired) electrons. The lowest BCUT2D eigenvalue weighted by atomic mass is 9.76. The minimum atomic E-state index is -4.50. The lowest BCUT2D eigenvalue weighted by Crippen LogP contribution is -2.41. The minimum Gasteiger partial charge on any atom is -0.400 e. The molecule has 138 valence electrons. The Hall–Kier alpha value is -1.02. The highest BCUT2D eigenvalue weighted by atomic mass is 35.5. The highest BCUT2D eigenvalue weighted by Gasteiger charge is 2.52. The second-order valence-electron chi connectivity index (χ2n) is 7.07. The van der Waals surface area contributed by atoms with Gasteiger partial charge >= 0.3 is 13.3 Å². The molecule has 1 heterocycles. The van der Waals surface area contributed by atoms with Crippen LogP contribution in [0.3, 0.4) is 0 Å². The van der Waals surface area contributed by atoms with Crippen LogP contribution in [0.15, 0.2) is 23.7 Å². The van der Waals surface area contributed by atoms with Gasteiger partial charge in [-0.2, -0.15) is 13.2 Å². The van der Waals surface area contributed by atoms with E-state index in [9.17, 15) is 13.2 Å². The molecule has 0 saturated carbocycles. The van der Waals surface area contributed by atoms with Gasteiger partial charge in [0.25, 0.3) is 0 Å². The Balaban J connectivity index is 2.46.